The van der Waals surface area contributed by atoms with Gasteiger partial charge in [0.25, 0.3) is 0 Å². The highest BCUT2D eigenvalue weighted by Crippen LogP contribution is 2.17. The van der Waals surface area contributed by atoms with Crippen LogP contribution in [0.15, 0.2) is 18.2 Å². The fourth-order valence-electron chi connectivity index (χ4n) is 1.69. The molecule has 0 saturated carbocycles. The number of benzene rings is 1. The van der Waals surface area contributed by atoms with Crippen molar-refractivity contribution in [1.29, 1.82) is 0 Å². The molecule has 0 fully saturated rings. The molecule has 17 heavy (non-hydrogen) atoms. The number of halogens is 2. The molecule has 0 N–H and O–H groups in total. The zero-order valence-electron chi connectivity index (χ0n) is 10.7. The van der Waals surface area contributed by atoms with Gasteiger partial charge < -0.3 is 4.43 Å². The number of unbranched alkanes of at least 4 members (excludes halogenated alkanes) is 1. The van der Waals surface area contributed by atoms with Gasteiger partial charge in [-0.15, -0.1) is 0 Å². The average molecular weight is 258 g/mol. The van der Waals surface area contributed by atoms with Crippen LogP contribution in [0.5, 0.6) is 0 Å². The maximum absolute atomic E-state index is 13.3. The molecule has 96 valence electrons. The van der Waals surface area contributed by atoms with Gasteiger partial charge in [0, 0.05) is 13.2 Å². The van der Waals surface area contributed by atoms with Crippen LogP contribution in [0.4, 0.5) is 8.78 Å². The largest absolute Gasteiger partial charge is 0.420 e. The summed E-state index contributed by atoms with van der Waals surface area (Å²) in [4.78, 5) is 0. The molecule has 0 heterocycles. The third-order valence-corrected chi connectivity index (χ3v) is 5.71. The normalized spacial score (nSPS) is 11.8. The summed E-state index contributed by atoms with van der Waals surface area (Å²) in [5.74, 6) is -0.951. The Balaban J connectivity index is 2.36. The van der Waals surface area contributed by atoms with Gasteiger partial charge in [-0.3, -0.25) is 0 Å². The van der Waals surface area contributed by atoms with E-state index in [1.165, 1.54) is 12.1 Å². The molecule has 0 unspecified atom stereocenters. The van der Waals surface area contributed by atoms with Gasteiger partial charge in [0.2, 0.25) is 0 Å². The topological polar surface area (TPSA) is 9.23 Å². The lowest BCUT2D eigenvalue weighted by molar-refractivity contribution is 0.401. The first-order valence-corrected chi connectivity index (χ1v) is 9.05. The van der Waals surface area contributed by atoms with Crippen molar-refractivity contribution in [2.45, 2.75) is 38.4 Å². The minimum absolute atomic E-state index is 0.437. The first kappa shape index (κ1) is 14.3. The summed E-state index contributed by atoms with van der Waals surface area (Å²) in [5, 5.41) is 0. The third kappa shape index (κ3) is 4.96. The SMILES string of the molecule is CO[Si](C)(C)CCCCc1ccc(F)cc1F. The molecule has 0 atom stereocenters. The lowest BCUT2D eigenvalue weighted by atomic mass is 10.1. The van der Waals surface area contributed by atoms with Crippen molar-refractivity contribution < 1.29 is 13.2 Å². The highest BCUT2D eigenvalue weighted by Gasteiger charge is 2.19. The summed E-state index contributed by atoms with van der Waals surface area (Å²) in [6.07, 6.45) is 2.62. The van der Waals surface area contributed by atoms with Crippen LogP contribution in [-0.4, -0.2) is 15.4 Å². The van der Waals surface area contributed by atoms with Crippen molar-refractivity contribution in [3.63, 3.8) is 0 Å². The van der Waals surface area contributed by atoms with Crippen molar-refractivity contribution in [3.05, 3.63) is 35.4 Å². The van der Waals surface area contributed by atoms with E-state index in [1.54, 1.807) is 7.11 Å². The molecule has 1 aromatic carbocycles. The molecule has 0 aliphatic rings. The van der Waals surface area contributed by atoms with Gasteiger partial charge in [-0.1, -0.05) is 12.5 Å². The second kappa shape index (κ2) is 6.26. The fourth-order valence-corrected chi connectivity index (χ4v) is 3.00. The van der Waals surface area contributed by atoms with Gasteiger partial charge in [0.05, 0.1) is 0 Å². The number of rotatable bonds is 6. The summed E-state index contributed by atoms with van der Waals surface area (Å²) in [5.41, 5.74) is 0.600. The smallest absolute Gasteiger partial charge is 0.186 e. The molecule has 1 rings (SSSR count). The Kier molecular flexibility index (Phi) is 5.27. The van der Waals surface area contributed by atoms with Crippen LogP contribution in [0.2, 0.25) is 19.1 Å². The van der Waals surface area contributed by atoms with Gasteiger partial charge >= 0.3 is 0 Å². The summed E-state index contributed by atoms with van der Waals surface area (Å²) in [6, 6.07) is 4.87. The molecule has 0 aromatic heterocycles. The Morgan fingerprint density at radius 1 is 1.18 bits per heavy atom. The maximum atomic E-state index is 13.3. The number of hydrogen-bond donors (Lipinski definition) is 0. The predicted molar refractivity (Wildman–Crippen MR) is 68.6 cm³/mol. The van der Waals surface area contributed by atoms with Crippen molar-refractivity contribution in [3.8, 4) is 0 Å². The third-order valence-electron chi connectivity index (χ3n) is 3.04. The van der Waals surface area contributed by atoms with E-state index >= 15 is 0 Å². The van der Waals surface area contributed by atoms with E-state index in [2.05, 4.69) is 13.1 Å². The van der Waals surface area contributed by atoms with Crippen LogP contribution in [0, 0.1) is 11.6 Å². The number of hydrogen-bond acceptors (Lipinski definition) is 1. The van der Waals surface area contributed by atoms with E-state index in [9.17, 15) is 8.78 Å². The standard InChI is InChI=1S/C13H20F2OSi/c1-16-17(2,3)9-5-4-6-11-7-8-12(14)10-13(11)15/h7-8,10H,4-6,9H2,1-3H3. The minimum atomic E-state index is -1.49. The Morgan fingerprint density at radius 2 is 1.88 bits per heavy atom. The quantitative estimate of drug-likeness (QED) is 0.550. The van der Waals surface area contributed by atoms with Crippen LogP contribution < -0.4 is 0 Å². The summed E-state index contributed by atoms with van der Waals surface area (Å²) in [6.45, 7) is 4.34. The lowest BCUT2D eigenvalue weighted by Crippen LogP contribution is -2.27. The molecule has 0 aliphatic carbocycles. The second-order valence-electron chi connectivity index (χ2n) is 4.91. The minimum Gasteiger partial charge on any atom is -0.420 e. The molecule has 0 spiro atoms. The molecule has 4 heteroatoms. The zero-order chi connectivity index (χ0) is 12.9. The van der Waals surface area contributed by atoms with E-state index in [-0.39, 0.29) is 0 Å². The summed E-state index contributed by atoms with van der Waals surface area (Å²) >= 11 is 0. The van der Waals surface area contributed by atoms with E-state index in [4.69, 9.17) is 4.43 Å². The molecule has 1 aromatic rings. The molecule has 0 radical (unpaired) electrons. The van der Waals surface area contributed by atoms with Crippen LogP contribution in [-0.2, 0) is 10.8 Å². The van der Waals surface area contributed by atoms with Crippen molar-refractivity contribution in [1.82, 2.24) is 0 Å². The van der Waals surface area contributed by atoms with E-state index in [0.29, 0.717) is 12.0 Å². The van der Waals surface area contributed by atoms with Gasteiger partial charge in [-0.25, -0.2) is 8.78 Å². The first-order chi connectivity index (χ1) is 7.94. The van der Waals surface area contributed by atoms with Crippen molar-refractivity contribution >= 4 is 8.32 Å². The molecule has 0 saturated heterocycles. The molecule has 0 bridgehead atoms. The van der Waals surface area contributed by atoms with Crippen molar-refractivity contribution in [2.75, 3.05) is 7.11 Å². The zero-order valence-corrected chi connectivity index (χ0v) is 11.7. The Labute approximate surface area is 103 Å². The monoisotopic (exact) mass is 258 g/mol. The van der Waals surface area contributed by atoms with E-state index in [0.717, 1.165) is 25.0 Å². The van der Waals surface area contributed by atoms with Gasteiger partial charge in [-0.2, -0.15) is 0 Å². The van der Waals surface area contributed by atoms with Crippen LogP contribution in [0.1, 0.15) is 18.4 Å². The molecule has 0 aliphatic heterocycles. The molecule has 1 nitrogen and oxygen atoms in total. The fraction of sp³-hybridized carbons (Fsp3) is 0.538. The van der Waals surface area contributed by atoms with Crippen LogP contribution in [0.3, 0.4) is 0 Å². The highest BCUT2D eigenvalue weighted by molar-refractivity contribution is 6.71. The molecule has 0 amide bonds. The van der Waals surface area contributed by atoms with Crippen LogP contribution in [0.25, 0.3) is 0 Å². The second-order valence-corrected chi connectivity index (χ2v) is 9.33. The van der Waals surface area contributed by atoms with Gasteiger partial charge in [-0.05, 0) is 43.6 Å². The molecular weight excluding hydrogens is 238 g/mol. The predicted octanol–water partition coefficient (Wildman–Crippen LogP) is 4.14. The Morgan fingerprint density at radius 3 is 2.47 bits per heavy atom. The highest BCUT2D eigenvalue weighted by atomic mass is 28.4. The Hall–Kier alpha value is -0.743. The van der Waals surface area contributed by atoms with E-state index < -0.39 is 20.0 Å². The lowest BCUT2D eigenvalue weighted by Gasteiger charge is -2.19. The van der Waals surface area contributed by atoms with Gasteiger partial charge in [0.15, 0.2) is 8.32 Å². The average Bonchev–Trinajstić information content (AvgIpc) is 2.27. The summed E-state index contributed by atoms with van der Waals surface area (Å²) < 4.78 is 31.5. The maximum Gasteiger partial charge on any atom is 0.186 e. The number of aryl methyl sites for hydroxylation is 1. The van der Waals surface area contributed by atoms with E-state index in [1.807, 2.05) is 0 Å². The molecular formula is C13H20F2OSi. The van der Waals surface area contributed by atoms with Crippen LogP contribution >= 0.6 is 0 Å². The Bertz CT molecular complexity index is 366. The summed E-state index contributed by atoms with van der Waals surface area (Å²) in [7, 11) is 0.264. The first-order valence-electron chi connectivity index (χ1n) is 5.94. The van der Waals surface area contributed by atoms with Gasteiger partial charge in [0.1, 0.15) is 11.6 Å². The van der Waals surface area contributed by atoms with Crippen molar-refractivity contribution in [2.24, 2.45) is 0 Å².